The normalized spacial score (nSPS) is 17.8. The van der Waals surface area contributed by atoms with Gasteiger partial charge in [-0.3, -0.25) is 9.59 Å². The van der Waals surface area contributed by atoms with E-state index in [1.807, 2.05) is 0 Å². The molecule has 1 fully saturated rings. The predicted molar refractivity (Wildman–Crippen MR) is 70.6 cm³/mol. The van der Waals surface area contributed by atoms with Crippen molar-refractivity contribution in [3.63, 3.8) is 0 Å². The largest absolute Gasteiger partial charge is 0.482 e. The average Bonchev–Trinajstić information content (AvgIpc) is 2.28. The predicted octanol–water partition coefficient (Wildman–Crippen LogP) is 0.829. The van der Waals surface area contributed by atoms with E-state index in [0.717, 1.165) is 0 Å². The highest BCUT2D eigenvalue weighted by Crippen LogP contribution is 2.36. The molecule has 0 spiro atoms. The van der Waals surface area contributed by atoms with Crippen molar-refractivity contribution in [1.82, 2.24) is 5.32 Å². The van der Waals surface area contributed by atoms with Crippen molar-refractivity contribution in [2.75, 3.05) is 30.3 Å². The van der Waals surface area contributed by atoms with Crippen LogP contribution in [0.3, 0.4) is 0 Å². The smallest absolute Gasteiger partial charge is 0.262 e. The maximum atomic E-state index is 11.8. The van der Waals surface area contributed by atoms with Gasteiger partial charge in [0.15, 0.2) is 6.61 Å². The van der Waals surface area contributed by atoms with E-state index in [-0.39, 0.29) is 24.3 Å². The van der Waals surface area contributed by atoms with E-state index >= 15 is 0 Å². The van der Waals surface area contributed by atoms with Gasteiger partial charge in [-0.05, 0) is 6.07 Å². The number of ether oxygens (including phenoxy) is 1. The van der Waals surface area contributed by atoms with E-state index < -0.39 is 0 Å². The molecule has 0 unspecified atom stereocenters. The van der Waals surface area contributed by atoms with Gasteiger partial charge in [0.2, 0.25) is 5.91 Å². The Morgan fingerprint density at radius 1 is 1.42 bits per heavy atom. The average molecular weight is 282 g/mol. The van der Waals surface area contributed by atoms with Crippen LogP contribution in [0.2, 0.25) is 5.02 Å². The third kappa shape index (κ3) is 2.36. The molecular formula is C12H12ClN3O3. The van der Waals surface area contributed by atoms with Gasteiger partial charge >= 0.3 is 0 Å². The molecule has 0 saturated carbocycles. The number of nitrogens with one attached hydrogen (secondary N) is 3. The number of carbonyl (C=O) groups excluding carboxylic acids is 2. The van der Waals surface area contributed by atoms with Gasteiger partial charge in [0.05, 0.1) is 22.3 Å². The van der Waals surface area contributed by atoms with Crippen molar-refractivity contribution >= 4 is 34.8 Å². The summed E-state index contributed by atoms with van der Waals surface area (Å²) in [5, 5.41) is 8.82. The first-order valence-electron chi connectivity index (χ1n) is 5.91. The number of hydrogen-bond acceptors (Lipinski definition) is 4. The number of amides is 2. The summed E-state index contributed by atoms with van der Waals surface area (Å²) in [4.78, 5) is 23.0. The number of anilines is 2. The summed E-state index contributed by atoms with van der Waals surface area (Å²) in [5.41, 5.74) is 1.01. The van der Waals surface area contributed by atoms with E-state index in [4.69, 9.17) is 16.3 Å². The number of halogens is 1. The standard InChI is InChI=1S/C12H12ClN3O3/c13-7-1-9-10(19-5-11(17)15-9)2-8(7)16-12(18)6-3-14-4-6/h1-2,6,14H,3-5H2,(H,15,17)(H,16,18). The second kappa shape index (κ2) is 4.71. The second-order valence-electron chi connectivity index (χ2n) is 4.51. The Balaban J connectivity index is 1.82. The Hall–Kier alpha value is -1.79. The Kier molecular flexibility index (Phi) is 3.04. The molecule has 7 heteroatoms. The Morgan fingerprint density at radius 2 is 2.21 bits per heavy atom. The molecule has 0 atom stereocenters. The highest BCUT2D eigenvalue weighted by molar-refractivity contribution is 6.34. The van der Waals surface area contributed by atoms with Crippen LogP contribution >= 0.6 is 11.6 Å². The van der Waals surface area contributed by atoms with Gasteiger partial charge in [0.25, 0.3) is 5.91 Å². The summed E-state index contributed by atoms with van der Waals surface area (Å²) in [6, 6.07) is 3.20. The highest BCUT2D eigenvalue weighted by Gasteiger charge is 2.26. The molecule has 0 bridgehead atoms. The van der Waals surface area contributed by atoms with Gasteiger partial charge in [0.1, 0.15) is 5.75 Å². The first-order valence-corrected chi connectivity index (χ1v) is 6.29. The molecule has 0 aliphatic carbocycles. The summed E-state index contributed by atoms with van der Waals surface area (Å²) in [7, 11) is 0. The lowest BCUT2D eigenvalue weighted by Crippen LogP contribution is -2.48. The van der Waals surface area contributed by atoms with Gasteiger partial charge in [-0.2, -0.15) is 0 Å². The van der Waals surface area contributed by atoms with Crippen LogP contribution in [0.5, 0.6) is 5.75 Å². The highest BCUT2D eigenvalue weighted by atomic mass is 35.5. The molecule has 1 aromatic rings. The Morgan fingerprint density at radius 3 is 2.89 bits per heavy atom. The van der Waals surface area contributed by atoms with Gasteiger partial charge in [-0.25, -0.2) is 0 Å². The molecule has 2 amide bonds. The second-order valence-corrected chi connectivity index (χ2v) is 4.92. The van der Waals surface area contributed by atoms with Gasteiger partial charge in [-0.15, -0.1) is 0 Å². The fourth-order valence-electron chi connectivity index (χ4n) is 1.90. The molecule has 100 valence electrons. The molecule has 3 rings (SSSR count). The van der Waals surface area contributed by atoms with Crippen LogP contribution in [-0.2, 0) is 9.59 Å². The van der Waals surface area contributed by atoms with Crippen LogP contribution in [0.15, 0.2) is 12.1 Å². The molecule has 3 N–H and O–H groups in total. The van der Waals surface area contributed by atoms with E-state index in [9.17, 15) is 9.59 Å². The number of benzene rings is 1. The van der Waals surface area contributed by atoms with Crippen molar-refractivity contribution in [2.24, 2.45) is 5.92 Å². The molecule has 0 aromatic heterocycles. The molecule has 1 aromatic carbocycles. The van der Waals surface area contributed by atoms with Gasteiger partial charge < -0.3 is 20.7 Å². The van der Waals surface area contributed by atoms with Crippen LogP contribution < -0.4 is 20.7 Å². The Labute approximate surface area is 114 Å². The fraction of sp³-hybridized carbons (Fsp3) is 0.333. The third-order valence-electron chi connectivity index (χ3n) is 3.11. The van der Waals surface area contributed by atoms with Crippen LogP contribution in [0.1, 0.15) is 0 Å². The van der Waals surface area contributed by atoms with E-state index in [2.05, 4.69) is 16.0 Å². The quantitative estimate of drug-likeness (QED) is 0.750. The fourth-order valence-corrected chi connectivity index (χ4v) is 2.12. The summed E-state index contributed by atoms with van der Waals surface area (Å²) in [5.74, 6) is 0.195. The van der Waals surface area contributed by atoms with Crippen LogP contribution in [0.25, 0.3) is 0 Å². The molecular weight excluding hydrogens is 270 g/mol. The lowest BCUT2D eigenvalue weighted by Gasteiger charge is -2.26. The lowest BCUT2D eigenvalue weighted by molar-refractivity contribution is -0.121. The van der Waals surface area contributed by atoms with Gasteiger partial charge in [0, 0.05) is 19.2 Å². The Bertz CT molecular complexity index is 557. The first-order chi connectivity index (χ1) is 9.13. The van der Waals surface area contributed by atoms with Crippen molar-refractivity contribution in [2.45, 2.75) is 0 Å². The zero-order valence-corrected chi connectivity index (χ0v) is 10.7. The molecule has 1 saturated heterocycles. The number of carbonyl (C=O) groups is 2. The third-order valence-corrected chi connectivity index (χ3v) is 3.42. The molecule has 0 radical (unpaired) electrons. The van der Waals surface area contributed by atoms with E-state index in [1.165, 1.54) is 0 Å². The topological polar surface area (TPSA) is 79.5 Å². The number of rotatable bonds is 2. The van der Waals surface area contributed by atoms with Gasteiger partial charge in [-0.1, -0.05) is 11.6 Å². The summed E-state index contributed by atoms with van der Waals surface area (Å²) < 4.78 is 5.28. The number of fused-ring (bicyclic) bond motifs is 1. The molecule has 6 nitrogen and oxygen atoms in total. The SMILES string of the molecule is O=C1COc2cc(NC(=O)C3CNC3)c(Cl)cc2N1. The van der Waals surface area contributed by atoms with Crippen molar-refractivity contribution in [1.29, 1.82) is 0 Å². The van der Waals surface area contributed by atoms with Crippen molar-refractivity contribution in [3.05, 3.63) is 17.2 Å². The summed E-state index contributed by atoms with van der Waals surface area (Å²) in [6.45, 7) is 1.33. The van der Waals surface area contributed by atoms with Crippen molar-refractivity contribution in [3.8, 4) is 5.75 Å². The van der Waals surface area contributed by atoms with Crippen LogP contribution in [-0.4, -0.2) is 31.5 Å². The number of hydrogen-bond donors (Lipinski definition) is 3. The maximum Gasteiger partial charge on any atom is 0.262 e. The minimum Gasteiger partial charge on any atom is -0.482 e. The zero-order valence-electron chi connectivity index (χ0n) is 9.96. The minimum atomic E-state index is -0.221. The molecule has 2 aliphatic rings. The molecule has 2 heterocycles. The maximum absolute atomic E-state index is 11.8. The van der Waals surface area contributed by atoms with E-state index in [0.29, 0.717) is 35.2 Å². The zero-order chi connectivity index (χ0) is 13.4. The first kappa shape index (κ1) is 12.3. The monoisotopic (exact) mass is 281 g/mol. The van der Waals surface area contributed by atoms with Crippen LogP contribution in [0.4, 0.5) is 11.4 Å². The molecule has 19 heavy (non-hydrogen) atoms. The van der Waals surface area contributed by atoms with Crippen LogP contribution in [0, 0.1) is 5.92 Å². The summed E-state index contributed by atoms with van der Waals surface area (Å²) in [6.07, 6.45) is 0. The molecule has 2 aliphatic heterocycles. The van der Waals surface area contributed by atoms with E-state index in [1.54, 1.807) is 12.1 Å². The summed E-state index contributed by atoms with van der Waals surface area (Å²) >= 11 is 6.08. The minimum absolute atomic E-state index is 0.0206. The lowest BCUT2D eigenvalue weighted by atomic mass is 10.0. The van der Waals surface area contributed by atoms with Crippen molar-refractivity contribution < 1.29 is 14.3 Å².